The Morgan fingerprint density at radius 2 is 2.00 bits per heavy atom. The molecule has 1 aliphatic heterocycles. The van der Waals surface area contributed by atoms with Gasteiger partial charge in [0, 0.05) is 38.9 Å². The quantitative estimate of drug-likeness (QED) is 0.824. The predicted molar refractivity (Wildman–Crippen MR) is 86.9 cm³/mol. The molecule has 0 spiro atoms. The first-order chi connectivity index (χ1) is 11.0. The average Bonchev–Trinajstić information content (AvgIpc) is 3.25. The van der Waals surface area contributed by atoms with Crippen molar-refractivity contribution in [3.05, 3.63) is 35.5 Å². The zero-order valence-corrected chi connectivity index (χ0v) is 14.4. The monoisotopic (exact) mass is 354 g/mol. The Hall–Kier alpha value is -1.71. The number of nitrogens with zero attached hydrogens (tertiary/aromatic N) is 4. The summed E-state index contributed by atoms with van der Waals surface area (Å²) in [6.45, 7) is 4.03. The first kappa shape index (κ1) is 16.2. The van der Waals surface area contributed by atoms with Gasteiger partial charge in [-0.3, -0.25) is 9.48 Å². The Kier molecular flexibility index (Phi) is 4.51. The molecule has 0 aliphatic carbocycles. The molecule has 0 aromatic carbocycles. The Morgan fingerprint density at radius 1 is 1.26 bits per heavy atom. The summed E-state index contributed by atoms with van der Waals surface area (Å²) in [4.78, 5) is 14.1. The summed E-state index contributed by atoms with van der Waals surface area (Å²) < 4.78 is 28.4. The van der Waals surface area contributed by atoms with Crippen LogP contribution in [0.3, 0.4) is 0 Å². The molecule has 0 atom stereocenters. The molecule has 0 saturated carbocycles. The van der Waals surface area contributed by atoms with Crippen LogP contribution < -0.4 is 0 Å². The third-order valence-electron chi connectivity index (χ3n) is 3.80. The standard InChI is InChI=1S/C14H18N4O3S2/c1-2-17-6-5-12(15-17)14(19)16-7-9-18(10-8-16)23(20,21)13-4-3-11-22-13/h3-6,11H,2,7-10H2,1H3. The number of aryl methyl sites for hydroxylation is 1. The third-order valence-corrected chi connectivity index (χ3v) is 7.07. The van der Waals surface area contributed by atoms with E-state index in [-0.39, 0.29) is 5.91 Å². The molecule has 7 nitrogen and oxygen atoms in total. The maximum Gasteiger partial charge on any atom is 0.274 e. The molecule has 2 aromatic rings. The molecule has 9 heteroatoms. The summed E-state index contributed by atoms with van der Waals surface area (Å²) >= 11 is 1.21. The molecule has 0 N–H and O–H groups in total. The molecule has 23 heavy (non-hydrogen) atoms. The fourth-order valence-electron chi connectivity index (χ4n) is 2.48. The van der Waals surface area contributed by atoms with Gasteiger partial charge in [0.15, 0.2) is 0 Å². The summed E-state index contributed by atoms with van der Waals surface area (Å²) in [6.07, 6.45) is 1.77. The first-order valence-electron chi connectivity index (χ1n) is 7.38. The zero-order chi connectivity index (χ0) is 16.4. The van der Waals surface area contributed by atoms with Crippen LogP contribution >= 0.6 is 11.3 Å². The lowest BCUT2D eigenvalue weighted by Crippen LogP contribution is -2.50. The smallest absolute Gasteiger partial charge is 0.274 e. The molecular formula is C14H18N4O3S2. The van der Waals surface area contributed by atoms with Gasteiger partial charge in [-0.25, -0.2) is 8.42 Å². The van der Waals surface area contributed by atoms with Crippen LogP contribution in [0.25, 0.3) is 0 Å². The van der Waals surface area contributed by atoms with Gasteiger partial charge in [-0.2, -0.15) is 9.40 Å². The Labute approximate surface area is 139 Å². The van der Waals surface area contributed by atoms with E-state index in [4.69, 9.17) is 0 Å². The highest BCUT2D eigenvalue weighted by molar-refractivity contribution is 7.91. The van der Waals surface area contributed by atoms with E-state index in [1.807, 2.05) is 6.92 Å². The van der Waals surface area contributed by atoms with Crippen LogP contribution in [0.5, 0.6) is 0 Å². The molecule has 1 saturated heterocycles. The maximum absolute atomic E-state index is 12.5. The Morgan fingerprint density at radius 3 is 2.57 bits per heavy atom. The van der Waals surface area contributed by atoms with E-state index in [9.17, 15) is 13.2 Å². The van der Waals surface area contributed by atoms with E-state index in [0.29, 0.717) is 42.6 Å². The van der Waals surface area contributed by atoms with E-state index in [0.717, 1.165) is 0 Å². The van der Waals surface area contributed by atoms with Crippen molar-refractivity contribution in [1.82, 2.24) is 19.0 Å². The highest BCUT2D eigenvalue weighted by Gasteiger charge is 2.31. The molecule has 3 rings (SSSR count). The second kappa shape index (κ2) is 6.42. The third kappa shape index (κ3) is 3.17. The van der Waals surface area contributed by atoms with Gasteiger partial charge in [-0.1, -0.05) is 6.07 Å². The van der Waals surface area contributed by atoms with Crippen molar-refractivity contribution in [2.45, 2.75) is 17.7 Å². The van der Waals surface area contributed by atoms with Gasteiger partial charge in [0.1, 0.15) is 9.90 Å². The normalized spacial score (nSPS) is 16.7. The molecule has 1 amide bonds. The van der Waals surface area contributed by atoms with Crippen LogP contribution in [-0.2, 0) is 16.6 Å². The molecule has 2 aromatic heterocycles. The number of carbonyl (C=O) groups is 1. The first-order valence-corrected chi connectivity index (χ1v) is 9.70. The van der Waals surface area contributed by atoms with Crippen LogP contribution in [0.15, 0.2) is 34.0 Å². The summed E-state index contributed by atoms with van der Waals surface area (Å²) in [5.74, 6) is -0.148. The van der Waals surface area contributed by atoms with Gasteiger partial charge < -0.3 is 4.90 Å². The Bertz CT molecular complexity index is 775. The van der Waals surface area contributed by atoms with Crippen molar-refractivity contribution in [3.8, 4) is 0 Å². The molecule has 1 aliphatic rings. The minimum absolute atomic E-state index is 0.148. The number of aromatic nitrogens is 2. The number of rotatable bonds is 4. The van der Waals surface area contributed by atoms with Crippen LogP contribution in [0.1, 0.15) is 17.4 Å². The van der Waals surface area contributed by atoms with Crippen molar-refractivity contribution in [2.75, 3.05) is 26.2 Å². The topological polar surface area (TPSA) is 75.5 Å². The summed E-state index contributed by atoms with van der Waals surface area (Å²) in [5, 5.41) is 5.95. The van der Waals surface area contributed by atoms with Gasteiger partial charge in [-0.05, 0) is 24.4 Å². The van der Waals surface area contributed by atoms with Crippen molar-refractivity contribution < 1.29 is 13.2 Å². The summed E-state index contributed by atoms with van der Waals surface area (Å²) in [7, 11) is -3.44. The lowest BCUT2D eigenvalue weighted by atomic mass is 10.3. The largest absolute Gasteiger partial charge is 0.335 e. The van der Waals surface area contributed by atoms with Crippen molar-refractivity contribution in [1.29, 1.82) is 0 Å². The minimum Gasteiger partial charge on any atom is -0.335 e. The van der Waals surface area contributed by atoms with Gasteiger partial charge >= 0.3 is 0 Å². The van der Waals surface area contributed by atoms with Crippen LogP contribution in [0.2, 0.25) is 0 Å². The second-order valence-electron chi connectivity index (χ2n) is 5.19. The van der Waals surface area contributed by atoms with E-state index in [1.54, 1.807) is 39.4 Å². The summed E-state index contributed by atoms with van der Waals surface area (Å²) in [6, 6.07) is 5.02. The lowest BCUT2D eigenvalue weighted by molar-refractivity contribution is 0.0691. The number of sulfonamides is 1. The molecule has 3 heterocycles. The molecule has 0 unspecified atom stereocenters. The SMILES string of the molecule is CCn1ccc(C(=O)N2CCN(S(=O)(=O)c3cccs3)CC2)n1. The summed E-state index contributed by atoms with van der Waals surface area (Å²) in [5.41, 5.74) is 0.404. The van der Waals surface area contributed by atoms with E-state index in [1.165, 1.54) is 15.6 Å². The Balaban J connectivity index is 1.65. The van der Waals surface area contributed by atoms with Gasteiger partial charge in [0.2, 0.25) is 0 Å². The van der Waals surface area contributed by atoms with E-state index < -0.39 is 10.0 Å². The van der Waals surface area contributed by atoms with Crippen LogP contribution in [0.4, 0.5) is 0 Å². The fourth-order valence-corrected chi connectivity index (χ4v) is 5.05. The van der Waals surface area contributed by atoms with E-state index >= 15 is 0 Å². The molecule has 0 radical (unpaired) electrons. The molecule has 1 fully saturated rings. The minimum atomic E-state index is -3.44. The van der Waals surface area contributed by atoms with Crippen molar-refractivity contribution in [3.63, 3.8) is 0 Å². The predicted octanol–water partition coefficient (Wildman–Crippen LogP) is 1.11. The lowest BCUT2D eigenvalue weighted by Gasteiger charge is -2.33. The molecule has 0 bridgehead atoms. The van der Waals surface area contributed by atoms with Gasteiger partial charge in [0.25, 0.3) is 15.9 Å². The highest BCUT2D eigenvalue weighted by Crippen LogP contribution is 2.22. The zero-order valence-electron chi connectivity index (χ0n) is 12.8. The highest BCUT2D eigenvalue weighted by atomic mass is 32.2. The number of amides is 1. The van der Waals surface area contributed by atoms with Crippen molar-refractivity contribution >= 4 is 27.3 Å². The number of thiophene rings is 1. The number of carbonyl (C=O) groups excluding carboxylic acids is 1. The van der Waals surface area contributed by atoms with Gasteiger partial charge in [-0.15, -0.1) is 11.3 Å². The average molecular weight is 354 g/mol. The molecule has 124 valence electrons. The van der Waals surface area contributed by atoms with Crippen molar-refractivity contribution in [2.24, 2.45) is 0 Å². The number of hydrogen-bond acceptors (Lipinski definition) is 5. The van der Waals surface area contributed by atoms with Crippen LogP contribution in [0, 0.1) is 0 Å². The van der Waals surface area contributed by atoms with Crippen LogP contribution in [-0.4, -0.2) is 59.5 Å². The van der Waals surface area contributed by atoms with Gasteiger partial charge in [0.05, 0.1) is 0 Å². The van der Waals surface area contributed by atoms with E-state index in [2.05, 4.69) is 5.10 Å². The number of piperazine rings is 1. The molecular weight excluding hydrogens is 336 g/mol. The fraction of sp³-hybridized carbons (Fsp3) is 0.429. The maximum atomic E-state index is 12.5. The second-order valence-corrected chi connectivity index (χ2v) is 8.30. The number of hydrogen-bond donors (Lipinski definition) is 0.